The van der Waals surface area contributed by atoms with Crippen molar-refractivity contribution < 1.29 is 49.3 Å². The first-order valence-corrected chi connectivity index (χ1v) is 15.9. The molecule has 2 spiro atoms. The van der Waals surface area contributed by atoms with Gasteiger partial charge in [-0.3, -0.25) is 9.59 Å². The number of aliphatic hydroxyl groups excluding tert-OH is 3. The molecule has 4 bridgehead atoms. The lowest BCUT2D eigenvalue weighted by atomic mass is 9.35. The lowest BCUT2D eigenvalue weighted by molar-refractivity contribution is -0.458. The summed E-state index contributed by atoms with van der Waals surface area (Å²) in [7, 11) is 1.35. The molecule has 6 N–H and O–H groups in total. The van der Waals surface area contributed by atoms with Crippen LogP contribution in [0.2, 0.25) is 0 Å². The van der Waals surface area contributed by atoms with Crippen LogP contribution in [0.25, 0.3) is 22.3 Å². The van der Waals surface area contributed by atoms with Gasteiger partial charge in [0.25, 0.3) is 0 Å². The highest BCUT2D eigenvalue weighted by atomic mass is 16.6. The Labute approximate surface area is 270 Å². The molecule has 0 radical (unpaired) electrons. The zero-order chi connectivity index (χ0) is 33.8. The second kappa shape index (κ2) is 10.4. The fourth-order valence-electron chi connectivity index (χ4n) is 10.1. The molecular weight excluding hydrogens is 608 g/mol. The highest BCUT2D eigenvalue weighted by Gasteiger charge is 2.86. The van der Waals surface area contributed by atoms with E-state index in [1.807, 2.05) is 32.0 Å². The summed E-state index contributed by atoms with van der Waals surface area (Å²) >= 11 is 0. The Bertz CT molecular complexity index is 1850. The Hall–Kier alpha value is -3.74. The van der Waals surface area contributed by atoms with Crippen LogP contribution in [-0.4, -0.2) is 74.2 Å². The second-order valence-corrected chi connectivity index (χ2v) is 14.5. The first kappa shape index (κ1) is 31.8. The largest absolute Gasteiger partial charge is 0.507 e. The van der Waals surface area contributed by atoms with Crippen LogP contribution < -0.4 is 10.2 Å². The van der Waals surface area contributed by atoms with Crippen molar-refractivity contribution in [2.75, 3.05) is 13.7 Å². The van der Waals surface area contributed by atoms with Crippen molar-refractivity contribution in [2.45, 2.75) is 63.6 Å². The molecule has 3 heterocycles. The highest BCUT2D eigenvalue weighted by Crippen LogP contribution is 2.76. The molecule has 250 valence electrons. The summed E-state index contributed by atoms with van der Waals surface area (Å²) < 4.78 is 16.5. The standard InChI is InChI=1S/C20H28O6.C16H12O5/c1-9-10-4-5-11-18-8-26-20(25,19(11,14(9)22)15(10)23)16(24)13(18)17(2,3)7-6-12(18)21;1-20-15-12(19)7-10(17)14-11(18)8-13(21-16(14)15)9-5-3-2-4-6-9/h10-13,15-16,21,23-25H,1,4-8H2,2-3H3;2-8,17,19H,1H3/t10-,11-,12-,13+,15+,16-,18+,19-,20-;/m0./s1. The van der Waals surface area contributed by atoms with Crippen LogP contribution in [0.5, 0.6) is 17.2 Å². The molecule has 47 heavy (non-hydrogen) atoms. The van der Waals surface area contributed by atoms with E-state index in [4.69, 9.17) is 13.9 Å². The van der Waals surface area contributed by atoms with E-state index >= 15 is 0 Å². The van der Waals surface area contributed by atoms with Gasteiger partial charge in [0.15, 0.2) is 22.5 Å². The van der Waals surface area contributed by atoms with Crippen molar-refractivity contribution in [3.05, 3.63) is 64.8 Å². The summed E-state index contributed by atoms with van der Waals surface area (Å²) in [6.07, 6.45) is -0.747. The number of rotatable bonds is 2. The van der Waals surface area contributed by atoms with Gasteiger partial charge in [-0.1, -0.05) is 50.8 Å². The zero-order valence-electron chi connectivity index (χ0n) is 26.5. The van der Waals surface area contributed by atoms with E-state index in [1.54, 1.807) is 12.1 Å². The maximum atomic E-state index is 13.3. The number of carbonyl (C=O) groups is 1. The van der Waals surface area contributed by atoms with Crippen molar-refractivity contribution in [1.29, 1.82) is 0 Å². The quantitative estimate of drug-likeness (QED) is 0.224. The molecule has 0 amide bonds. The van der Waals surface area contributed by atoms with Crippen molar-refractivity contribution >= 4 is 16.8 Å². The molecule has 9 atom stereocenters. The molecule has 11 nitrogen and oxygen atoms in total. The van der Waals surface area contributed by atoms with E-state index in [9.17, 15) is 40.2 Å². The number of ether oxygens (including phenoxy) is 2. The number of ketones is 1. The second-order valence-electron chi connectivity index (χ2n) is 14.5. The van der Waals surface area contributed by atoms with E-state index in [0.717, 1.165) is 12.5 Å². The van der Waals surface area contributed by atoms with Crippen molar-refractivity contribution in [2.24, 2.45) is 34.0 Å². The number of methoxy groups -OCH3 is 1. The predicted molar refractivity (Wildman–Crippen MR) is 168 cm³/mol. The monoisotopic (exact) mass is 648 g/mol. The number of Topliss-reactive ketones (excluding diaryl/α,β-unsaturated/α-hetero) is 1. The first-order valence-electron chi connectivity index (χ1n) is 15.9. The third kappa shape index (κ3) is 3.86. The lowest BCUT2D eigenvalue weighted by Gasteiger charge is -2.74. The van der Waals surface area contributed by atoms with Gasteiger partial charge in [-0.2, -0.15) is 0 Å². The SMILES string of the molecule is C=C1C(=O)[C@]23[C@H](O)[C@H]1CC[C@H]2[C@@]12CO[C@@]3(O)[C@@H](O)[C@@H]1C(C)(C)CC[C@@H]2O.COc1c(O)cc(O)c2c(=O)cc(-c3ccccc3)oc12. The normalized spacial score (nSPS) is 37.9. The Kier molecular flexibility index (Phi) is 7.03. The third-order valence-electron chi connectivity index (χ3n) is 12.1. The Morgan fingerprint density at radius 2 is 1.66 bits per heavy atom. The minimum Gasteiger partial charge on any atom is -0.507 e. The smallest absolute Gasteiger partial charge is 0.208 e. The molecule has 6 fully saturated rings. The molecular formula is C36H40O11. The summed E-state index contributed by atoms with van der Waals surface area (Å²) in [5, 5.41) is 64.8. The average Bonchev–Trinajstić information content (AvgIpc) is 3.13. The summed E-state index contributed by atoms with van der Waals surface area (Å²) in [5.74, 6) is -4.10. The van der Waals surface area contributed by atoms with Gasteiger partial charge in [-0.05, 0) is 42.6 Å². The maximum absolute atomic E-state index is 13.3. The Morgan fingerprint density at radius 3 is 2.34 bits per heavy atom. The molecule has 3 aromatic rings. The highest BCUT2D eigenvalue weighted by molar-refractivity contribution is 6.05. The van der Waals surface area contributed by atoms with E-state index in [1.165, 1.54) is 13.2 Å². The Balaban J connectivity index is 0.000000153. The molecule has 11 heteroatoms. The zero-order valence-corrected chi connectivity index (χ0v) is 26.5. The molecule has 4 saturated carbocycles. The number of phenols is 2. The summed E-state index contributed by atoms with van der Waals surface area (Å²) in [6.45, 7) is 8.07. The molecule has 0 unspecified atom stereocenters. The summed E-state index contributed by atoms with van der Waals surface area (Å²) in [6, 6.07) is 11.4. The van der Waals surface area contributed by atoms with E-state index in [-0.39, 0.29) is 40.2 Å². The third-order valence-corrected chi connectivity index (χ3v) is 12.1. The van der Waals surface area contributed by atoms with Gasteiger partial charge in [0.1, 0.15) is 28.4 Å². The summed E-state index contributed by atoms with van der Waals surface area (Å²) in [4.78, 5) is 25.6. The van der Waals surface area contributed by atoms with Gasteiger partial charge < -0.3 is 44.5 Å². The fourth-order valence-corrected chi connectivity index (χ4v) is 10.1. The van der Waals surface area contributed by atoms with E-state index < -0.39 is 63.9 Å². The van der Waals surface area contributed by atoms with Crippen LogP contribution >= 0.6 is 0 Å². The van der Waals surface area contributed by atoms with Gasteiger partial charge in [-0.15, -0.1) is 0 Å². The van der Waals surface area contributed by atoms with Crippen molar-refractivity contribution in [1.82, 2.24) is 0 Å². The van der Waals surface area contributed by atoms with Crippen LogP contribution in [0.1, 0.15) is 39.5 Å². The van der Waals surface area contributed by atoms with E-state index in [0.29, 0.717) is 36.2 Å². The first-order chi connectivity index (χ1) is 22.2. The van der Waals surface area contributed by atoms with Crippen LogP contribution in [0, 0.1) is 34.0 Å². The lowest BCUT2D eigenvalue weighted by Crippen LogP contribution is -2.85. The van der Waals surface area contributed by atoms with Crippen molar-refractivity contribution in [3.8, 4) is 28.6 Å². The molecule has 9 rings (SSSR count). The molecule has 2 saturated heterocycles. The van der Waals surface area contributed by atoms with Gasteiger partial charge in [0, 0.05) is 34.9 Å². The fraction of sp³-hybridized carbons (Fsp3) is 0.500. The Morgan fingerprint density at radius 1 is 0.957 bits per heavy atom. The van der Waals surface area contributed by atoms with Gasteiger partial charge in [0.05, 0.1) is 25.9 Å². The molecule has 2 aliphatic heterocycles. The van der Waals surface area contributed by atoms with Crippen molar-refractivity contribution in [3.63, 3.8) is 0 Å². The van der Waals surface area contributed by atoms with Gasteiger partial charge >= 0.3 is 0 Å². The number of fused-ring (bicyclic) bond motifs is 3. The minimum absolute atomic E-state index is 0.0117. The molecule has 4 aliphatic carbocycles. The minimum atomic E-state index is -2.15. The molecule has 1 aromatic heterocycles. The van der Waals surface area contributed by atoms with Crippen LogP contribution in [0.4, 0.5) is 0 Å². The molecule has 2 aromatic carbocycles. The maximum Gasteiger partial charge on any atom is 0.208 e. The number of aliphatic hydroxyl groups is 4. The van der Waals surface area contributed by atoms with Gasteiger partial charge in [-0.25, -0.2) is 0 Å². The number of hydrogen-bond donors (Lipinski definition) is 6. The number of carbonyl (C=O) groups excluding carboxylic acids is 1. The van der Waals surface area contributed by atoms with Crippen LogP contribution in [-0.2, 0) is 9.53 Å². The topological polar surface area (TPSA) is 187 Å². The van der Waals surface area contributed by atoms with Gasteiger partial charge in [0.2, 0.25) is 11.5 Å². The van der Waals surface area contributed by atoms with Crippen LogP contribution in [0.15, 0.2) is 63.8 Å². The predicted octanol–water partition coefficient (Wildman–Crippen LogP) is 3.26. The average molecular weight is 649 g/mol. The van der Waals surface area contributed by atoms with Crippen LogP contribution in [0.3, 0.4) is 0 Å². The molecule has 6 aliphatic rings. The number of hydrogen-bond acceptors (Lipinski definition) is 11. The number of benzene rings is 2. The number of aromatic hydroxyl groups is 2. The number of phenolic OH excluding ortho intramolecular Hbond substituents is 2. The summed E-state index contributed by atoms with van der Waals surface area (Å²) in [5.41, 5.74) is -2.17. The van der Waals surface area contributed by atoms with E-state index in [2.05, 4.69) is 6.58 Å².